The smallest absolute Gasteiger partial charge is 0.317 e. The zero-order valence-electron chi connectivity index (χ0n) is 16.3. The summed E-state index contributed by atoms with van der Waals surface area (Å²) in [5.74, 6) is -0.416. The van der Waals surface area contributed by atoms with E-state index in [9.17, 15) is 9.18 Å². The van der Waals surface area contributed by atoms with Crippen LogP contribution in [0, 0.1) is 11.7 Å². The molecule has 1 fully saturated rings. The number of hydrogen-bond acceptors (Lipinski definition) is 5. The number of methoxy groups -OCH3 is 1. The van der Waals surface area contributed by atoms with Gasteiger partial charge in [-0.15, -0.1) is 0 Å². The highest BCUT2D eigenvalue weighted by molar-refractivity contribution is 7.80. The number of halogens is 1. The standard InChI is InChI=1S/C21H21FN2O4S/c1-4-27-19(25)16-17-14-6-5-7-15(26-3)18(14)28-21(16,2)24(20(29)23-17)13-10-8-12(22)9-11-13/h5-11,16-17H,4H2,1-3H3,(H,23,29)/t16-,17-,21-/m0/s1. The minimum absolute atomic E-state index is 0.240. The van der Waals surface area contributed by atoms with Gasteiger partial charge in [0.2, 0.25) is 5.72 Å². The van der Waals surface area contributed by atoms with Crippen LogP contribution in [0.15, 0.2) is 42.5 Å². The molecule has 4 rings (SSSR count). The minimum atomic E-state index is -1.21. The van der Waals surface area contributed by atoms with E-state index in [2.05, 4.69) is 5.32 Å². The molecule has 0 radical (unpaired) electrons. The molecule has 8 heteroatoms. The summed E-state index contributed by atoms with van der Waals surface area (Å²) in [4.78, 5) is 14.7. The molecule has 3 atom stereocenters. The highest BCUT2D eigenvalue weighted by Gasteiger charge is 2.60. The summed E-state index contributed by atoms with van der Waals surface area (Å²) in [5.41, 5.74) is 0.150. The lowest BCUT2D eigenvalue weighted by Crippen LogP contribution is -2.71. The Balaban J connectivity index is 1.91. The molecule has 0 aromatic heterocycles. The van der Waals surface area contributed by atoms with Gasteiger partial charge in [-0.25, -0.2) is 4.39 Å². The first-order chi connectivity index (χ1) is 13.9. The van der Waals surface area contributed by atoms with E-state index in [4.69, 9.17) is 26.4 Å². The normalized spacial score (nSPS) is 24.8. The summed E-state index contributed by atoms with van der Waals surface area (Å²) >= 11 is 5.62. The molecule has 1 saturated heterocycles. The second-order valence-corrected chi connectivity index (χ2v) is 7.39. The minimum Gasteiger partial charge on any atom is -0.493 e. The van der Waals surface area contributed by atoms with E-state index < -0.39 is 23.7 Å². The molecule has 29 heavy (non-hydrogen) atoms. The second-order valence-electron chi connectivity index (χ2n) is 7.00. The van der Waals surface area contributed by atoms with Gasteiger partial charge >= 0.3 is 5.97 Å². The number of para-hydroxylation sites is 1. The van der Waals surface area contributed by atoms with E-state index in [0.717, 1.165) is 5.56 Å². The van der Waals surface area contributed by atoms with Crippen molar-refractivity contribution in [3.63, 3.8) is 0 Å². The maximum absolute atomic E-state index is 13.5. The summed E-state index contributed by atoms with van der Waals surface area (Å²) in [5, 5.41) is 3.63. The Labute approximate surface area is 173 Å². The fourth-order valence-electron chi connectivity index (χ4n) is 4.10. The van der Waals surface area contributed by atoms with E-state index in [1.807, 2.05) is 12.1 Å². The van der Waals surface area contributed by atoms with Crippen molar-refractivity contribution in [2.24, 2.45) is 5.92 Å². The van der Waals surface area contributed by atoms with Gasteiger partial charge in [0.15, 0.2) is 16.6 Å². The second kappa shape index (κ2) is 7.18. The monoisotopic (exact) mass is 416 g/mol. The van der Waals surface area contributed by atoms with Crippen LogP contribution < -0.4 is 19.7 Å². The Bertz CT molecular complexity index is 968. The van der Waals surface area contributed by atoms with Crippen LogP contribution in [0.1, 0.15) is 25.5 Å². The van der Waals surface area contributed by atoms with Gasteiger partial charge in [-0.2, -0.15) is 0 Å². The molecule has 0 amide bonds. The summed E-state index contributed by atoms with van der Waals surface area (Å²) in [6.45, 7) is 3.78. The van der Waals surface area contributed by atoms with E-state index in [-0.39, 0.29) is 12.4 Å². The molecule has 6 nitrogen and oxygen atoms in total. The van der Waals surface area contributed by atoms with Crippen molar-refractivity contribution in [2.45, 2.75) is 25.6 Å². The maximum atomic E-state index is 13.5. The Morgan fingerprint density at radius 3 is 2.69 bits per heavy atom. The van der Waals surface area contributed by atoms with Gasteiger partial charge in [0, 0.05) is 11.3 Å². The predicted octanol–water partition coefficient (Wildman–Crippen LogP) is 3.56. The van der Waals surface area contributed by atoms with Gasteiger partial charge in [-0.05, 0) is 56.4 Å². The first kappa shape index (κ1) is 19.4. The van der Waals surface area contributed by atoms with Crippen LogP contribution in [-0.2, 0) is 9.53 Å². The van der Waals surface area contributed by atoms with Crippen LogP contribution in [0.4, 0.5) is 10.1 Å². The summed E-state index contributed by atoms with van der Waals surface area (Å²) < 4.78 is 30.8. The molecule has 0 aliphatic carbocycles. The highest BCUT2D eigenvalue weighted by Crippen LogP contribution is 2.52. The van der Waals surface area contributed by atoms with E-state index in [1.54, 1.807) is 44.1 Å². The van der Waals surface area contributed by atoms with Crippen molar-refractivity contribution in [3.05, 3.63) is 53.8 Å². The maximum Gasteiger partial charge on any atom is 0.317 e. The molecule has 2 heterocycles. The van der Waals surface area contributed by atoms with Gasteiger partial charge in [0.05, 0.1) is 19.8 Å². The van der Waals surface area contributed by atoms with Crippen LogP contribution in [0.25, 0.3) is 0 Å². The number of nitrogens with one attached hydrogen (secondary N) is 1. The zero-order valence-corrected chi connectivity index (χ0v) is 17.1. The van der Waals surface area contributed by atoms with Crippen LogP contribution in [0.2, 0.25) is 0 Å². The Kier molecular flexibility index (Phi) is 4.82. The van der Waals surface area contributed by atoms with Crippen LogP contribution in [-0.4, -0.2) is 30.5 Å². The number of ether oxygens (including phenoxy) is 3. The average Bonchev–Trinajstić information content (AvgIpc) is 2.68. The summed E-state index contributed by atoms with van der Waals surface area (Å²) in [6, 6.07) is 10.9. The quantitative estimate of drug-likeness (QED) is 0.604. The van der Waals surface area contributed by atoms with Crippen molar-refractivity contribution in [2.75, 3.05) is 18.6 Å². The third kappa shape index (κ3) is 2.98. The van der Waals surface area contributed by atoms with Crippen molar-refractivity contribution in [1.82, 2.24) is 5.32 Å². The lowest BCUT2D eigenvalue weighted by Gasteiger charge is -2.55. The predicted molar refractivity (Wildman–Crippen MR) is 110 cm³/mol. The van der Waals surface area contributed by atoms with Crippen LogP contribution >= 0.6 is 12.2 Å². The number of rotatable bonds is 4. The van der Waals surface area contributed by atoms with E-state index in [0.29, 0.717) is 22.3 Å². The first-order valence-corrected chi connectivity index (χ1v) is 9.70. The van der Waals surface area contributed by atoms with Crippen molar-refractivity contribution in [3.8, 4) is 11.5 Å². The lowest BCUT2D eigenvalue weighted by atomic mass is 9.79. The molecule has 2 aliphatic rings. The van der Waals surface area contributed by atoms with Crippen molar-refractivity contribution >= 4 is 29.0 Å². The van der Waals surface area contributed by atoms with Gasteiger partial charge in [-0.1, -0.05) is 12.1 Å². The first-order valence-electron chi connectivity index (χ1n) is 9.29. The third-order valence-corrected chi connectivity index (χ3v) is 5.64. The van der Waals surface area contributed by atoms with E-state index in [1.165, 1.54) is 12.1 Å². The summed E-state index contributed by atoms with van der Waals surface area (Å²) in [6.07, 6.45) is 0. The van der Waals surface area contributed by atoms with Gasteiger partial charge in [0.1, 0.15) is 11.7 Å². The number of hydrogen-bond donors (Lipinski definition) is 1. The Morgan fingerprint density at radius 2 is 2.03 bits per heavy atom. The van der Waals surface area contributed by atoms with Crippen LogP contribution in [0.3, 0.4) is 0 Å². The number of carbonyl (C=O) groups is 1. The molecular formula is C21H21FN2O4S. The number of nitrogens with zero attached hydrogens (tertiary/aromatic N) is 1. The molecule has 0 saturated carbocycles. The topological polar surface area (TPSA) is 60.0 Å². The van der Waals surface area contributed by atoms with Crippen LogP contribution in [0.5, 0.6) is 11.5 Å². The molecule has 2 aromatic rings. The number of carbonyl (C=O) groups excluding carboxylic acids is 1. The molecule has 2 bridgehead atoms. The fraction of sp³-hybridized carbons (Fsp3) is 0.333. The van der Waals surface area contributed by atoms with E-state index >= 15 is 0 Å². The lowest BCUT2D eigenvalue weighted by molar-refractivity contribution is -0.159. The van der Waals surface area contributed by atoms with Gasteiger partial charge in [0.25, 0.3) is 0 Å². The largest absolute Gasteiger partial charge is 0.493 e. The molecule has 2 aliphatic heterocycles. The Hall–Kier alpha value is -2.87. The molecule has 152 valence electrons. The summed E-state index contributed by atoms with van der Waals surface area (Å²) in [7, 11) is 1.56. The molecular weight excluding hydrogens is 395 g/mol. The molecule has 2 aromatic carbocycles. The van der Waals surface area contributed by atoms with Crippen molar-refractivity contribution in [1.29, 1.82) is 0 Å². The van der Waals surface area contributed by atoms with Crippen molar-refractivity contribution < 1.29 is 23.4 Å². The number of benzene rings is 2. The molecule has 0 spiro atoms. The zero-order chi connectivity index (χ0) is 20.8. The number of anilines is 1. The average molecular weight is 416 g/mol. The molecule has 0 unspecified atom stereocenters. The van der Waals surface area contributed by atoms with Gasteiger partial charge < -0.3 is 19.5 Å². The molecule has 1 N–H and O–H groups in total. The Morgan fingerprint density at radius 1 is 1.31 bits per heavy atom. The third-order valence-electron chi connectivity index (χ3n) is 5.33. The number of thiocarbonyl (C=S) groups is 1. The highest BCUT2D eigenvalue weighted by atomic mass is 32.1. The number of fused-ring (bicyclic) bond motifs is 4. The van der Waals surface area contributed by atoms with Gasteiger partial charge in [-0.3, -0.25) is 9.69 Å². The number of esters is 1. The SMILES string of the molecule is CCOC(=O)[C@@H]1[C@H]2NC(=S)N(c3ccc(F)cc3)[C@@]1(C)Oc1c(OC)cccc12. The fourth-order valence-corrected chi connectivity index (χ4v) is 4.52.